The molecule has 0 aromatic heterocycles. The molecule has 1 N–H and O–H groups in total. The Bertz CT molecular complexity index is 819. The Morgan fingerprint density at radius 3 is 2.67 bits per heavy atom. The average molecular weight is 433 g/mol. The summed E-state index contributed by atoms with van der Waals surface area (Å²) in [6, 6.07) is 11.5. The van der Waals surface area contributed by atoms with Crippen molar-refractivity contribution < 1.29 is 14.3 Å². The fourth-order valence-corrected chi connectivity index (χ4v) is 2.83. The third-order valence-electron chi connectivity index (χ3n) is 3.88. The number of hydrogen-bond acceptors (Lipinski definition) is 4. The van der Waals surface area contributed by atoms with E-state index in [0.717, 1.165) is 26.9 Å². The molecule has 2 aromatic rings. The maximum atomic E-state index is 12.1. The van der Waals surface area contributed by atoms with Crippen LogP contribution in [0.25, 0.3) is 0 Å². The number of ether oxygens (including phenoxy) is 2. The van der Waals surface area contributed by atoms with E-state index in [0.29, 0.717) is 12.4 Å². The summed E-state index contributed by atoms with van der Waals surface area (Å²) < 4.78 is 12.3. The number of amides is 1. The Hall–Kier alpha value is -2.34. The Kier molecular flexibility index (Phi) is 7.85. The summed E-state index contributed by atoms with van der Waals surface area (Å²) in [6.07, 6.45) is 1.56. The Balaban J connectivity index is 1.97. The normalized spacial score (nSPS) is 11.0. The Labute approximate surface area is 168 Å². The smallest absolute Gasteiger partial charge is 0.277 e. The zero-order valence-corrected chi connectivity index (χ0v) is 17.7. The number of hydrogen-bond donors (Lipinski definition) is 1. The molecule has 27 heavy (non-hydrogen) atoms. The van der Waals surface area contributed by atoms with Crippen LogP contribution in [0.2, 0.25) is 0 Å². The maximum absolute atomic E-state index is 12.1. The maximum Gasteiger partial charge on any atom is 0.277 e. The third kappa shape index (κ3) is 6.10. The van der Waals surface area contributed by atoms with Gasteiger partial charge in [0.1, 0.15) is 11.5 Å². The zero-order valence-electron chi connectivity index (χ0n) is 16.1. The standard InChI is InChI=1S/C21H25BrN2O3/c1-5-26-19-9-7-6-8-16(19)12-23-24-21(25)13-27-20-10-15(4)18(22)11-17(20)14(2)3/h6-12,14H,5,13H2,1-4H3,(H,24,25)/b23-12+. The van der Waals surface area contributed by atoms with Crippen molar-refractivity contribution in [3.63, 3.8) is 0 Å². The Morgan fingerprint density at radius 2 is 1.96 bits per heavy atom. The van der Waals surface area contributed by atoms with Gasteiger partial charge in [-0.1, -0.05) is 41.9 Å². The minimum absolute atomic E-state index is 0.106. The van der Waals surface area contributed by atoms with E-state index in [9.17, 15) is 4.79 Å². The number of rotatable bonds is 8. The van der Waals surface area contributed by atoms with E-state index in [1.807, 2.05) is 50.2 Å². The highest BCUT2D eigenvalue weighted by Crippen LogP contribution is 2.32. The van der Waals surface area contributed by atoms with Gasteiger partial charge in [0.15, 0.2) is 6.61 Å². The first-order valence-corrected chi connectivity index (χ1v) is 9.68. The summed E-state index contributed by atoms with van der Waals surface area (Å²) in [7, 11) is 0. The van der Waals surface area contributed by atoms with E-state index in [-0.39, 0.29) is 18.4 Å². The van der Waals surface area contributed by atoms with Crippen molar-refractivity contribution in [2.75, 3.05) is 13.2 Å². The molecule has 1 amide bonds. The van der Waals surface area contributed by atoms with Crippen molar-refractivity contribution in [3.05, 3.63) is 57.6 Å². The van der Waals surface area contributed by atoms with Gasteiger partial charge in [-0.2, -0.15) is 5.10 Å². The first kappa shape index (κ1) is 21.0. The van der Waals surface area contributed by atoms with Crippen molar-refractivity contribution >= 4 is 28.1 Å². The molecule has 0 fully saturated rings. The lowest BCUT2D eigenvalue weighted by Gasteiger charge is -2.15. The van der Waals surface area contributed by atoms with Gasteiger partial charge in [-0.15, -0.1) is 0 Å². The molecule has 0 aliphatic rings. The van der Waals surface area contributed by atoms with E-state index in [2.05, 4.69) is 40.3 Å². The van der Waals surface area contributed by atoms with E-state index in [1.165, 1.54) is 0 Å². The van der Waals surface area contributed by atoms with Crippen molar-refractivity contribution in [1.82, 2.24) is 5.43 Å². The molecular weight excluding hydrogens is 408 g/mol. The van der Waals surface area contributed by atoms with Crippen molar-refractivity contribution in [1.29, 1.82) is 0 Å². The number of carbonyl (C=O) groups is 1. The molecule has 0 saturated heterocycles. The van der Waals surface area contributed by atoms with Gasteiger partial charge in [0.2, 0.25) is 0 Å². The average Bonchev–Trinajstić information content (AvgIpc) is 2.63. The second kappa shape index (κ2) is 10.1. The summed E-state index contributed by atoms with van der Waals surface area (Å²) in [6.45, 7) is 8.54. The van der Waals surface area contributed by atoms with Gasteiger partial charge in [0.25, 0.3) is 5.91 Å². The van der Waals surface area contributed by atoms with Gasteiger partial charge in [-0.05, 0) is 55.2 Å². The molecule has 0 bridgehead atoms. The van der Waals surface area contributed by atoms with Gasteiger partial charge in [0.05, 0.1) is 12.8 Å². The van der Waals surface area contributed by atoms with Crippen LogP contribution in [0.3, 0.4) is 0 Å². The zero-order chi connectivity index (χ0) is 19.8. The van der Waals surface area contributed by atoms with Gasteiger partial charge in [0, 0.05) is 10.0 Å². The Morgan fingerprint density at radius 1 is 1.22 bits per heavy atom. The molecule has 2 rings (SSSR count). The fraction of sp³-hybridized carbons (Fsp3) is 0.333. The van der Waals surface area contributed by atoms with Gasteiger partial charge >= 0.3 is 0 Å². The summed E-state index contributed by atoms with van der Waals surface area (Å²) in [5.41, 5.74) is 5.39. The predicted octanol–water partition coefficient (Wildman–Crippen LogP) is 4.81. The second-order valence-corrected chi connectivity index (χ2v) is 7.20. The van der Waals surface area contributed by atoms with Gasteiger partial charge < -0.3 is 9.47 Å². The van der Waals surface area contributed by atoms with Gasteiger partial charge in [-0.25, -0.2) is 5.43 Å². The van der Waals surface area contributed by atoms with Crippen LogP contribution in [-0.4, -0.2) is 25.3 Å². The largest absolute Gasteiger partial charge is 0.493 e. The summed E-state index contributed by atoms with van der Waals surface area (Å²) in [5, 5.41) is 3.99. The molecule has 6 heteroatoms. The highest BCUT2D eigenvalue weighted by molar-refractivity contribution is 9.10. The minimum atomic E-state index is -0.324. The third-order valence-corrected chi connectivity index (χ3v) is 4.74. The van der Waals surface area contributed by atoms with Crippen LogP contribution in [0.5, 0.6) is 11.5 Å². The lowest BCUT2D eigenvalue weighted by atomic mass is 10.0. The second-order valence-electron chi connectivity index (χ2n) is 6.35. The molecule has 0 heterocycles. The highest BCUT2D eigenvalue weighted by atomic mass is 79.9. The lowest BCUT2D eigenvalue weighted by Crippen LogP contribution is -2.25. The van der Waals surface area contributed by atoms with Crippen LogP contribution < -0.4 is 14.9 Å². The van der Waals surface area contributed by atoms with Crippen molar-refractivity contribution in [3.8, 4) is 11.5 Å². The van der Waals surface area contributed by atoms with Crippen LogP contribution in [0.4, 0.5) is 0 Å². The molecular formula is C21H25BrN2O3. The predicted molar refractivity (Wildman–Crippen MR) is 112 cm³/mol. The minimum Gasteiger partial charge on any atom is -0.493 e. The molecule has 0 spiro atoms. The molecule has 0 aliphatic carbocycles. The first-order chi connectivity index (χ1) is 12.9. The van der Waals surface area contributed by atoms with Crippen LogP contribution >= 0.6 is 15.9 Å². The molecule has 144 valence electrons. The summed E-state index contributed by atoms with van der Waals surface area (Å²) in [4.78, 5) is 12.1. The van der Waals surface area contributed by atoms with E-state index >= 15 is 0 Å². The van der Waals surface area contributed by atoms with Crippen molar-refractivity contribution in [2.24, 2.45) is 5.10 Å². The highest BCUT2D eigenvalue weighted by Gasteiger charge is 2.12. The van der Waals surface area contributed by atoms with Crippen LogP contribution in [0.15, 0.2) is 46.0 Å². The molecule has 2 aromatic carbocycles. The first-order valence-electron chi connectivity index (χ1n) is 8.89. The molecule has 0 radical (unpaired) electrons. The lowest BCUT2D eigenvalue weighted by molar-refractivity contribution is -0.123. The van der Waals surface area contributed by atoms with Gasteiger partial charge in [-0.3, -0.25) is 4.79 Å². The fourth-order valence-electron chi connectivity index (χ4n) is 2.47. The number of aryl methyl sites for hydroxylation is 1. The number of hydrazone groups is 1. The van der Waals surface area contributed by atoms with Crippen LogP contribution in [0.1, 0.15) is 43.4 Å². The SMILES string of the molecule is CCOc1ccccc1/C=N/NC(=O)COc1cc(C)c(Br)cc1C(C)C. The number of halogens is 1. The number of para-hydroxylation sites is 1. The monoisotopic (exact) mass is 432 g/mol. The van der Waals surface area contributed by atoms with E-state index < -0.39 is 0 Å². The quantitative estimate of drug-likeness (QED) is 0.480. The molecule has 0 aliphatic heterocycles. The van der Waals surface area contributed by atoms with Crippen LogP contribution in [-0.2, 0) is 4.79 Å². The molecule has 0 saturated carbocycles. The van der Waals surface area contributed by atoms with E-state index in [4.69, 9.17) is 9.47 Å². The topological polar surface area (TPSA) is 59.9 Å². The molecule has 5 nitrogen and oxygen atoms in total. The summed E-state index contributed by atoms with van der Waals surface area (Å²) in [5.74, 6) is 1.40. The number of carbonyl (C=O) groups excluding carboxylic acids is 1. The number of benzene rings is 2. The number of nitrogens with one attached hydrogen (secondary N) is 1. The van der Waals surface area contributed by atoms with E-state index in [1.54, 1.807) is 6.21 Å². The summed E-state index contributed by atoms with van der Waals surface area (Å²) >= 11 is 3.54. The number of nitrogens with zero attached hydrogens (tertiary/aromatic N) is 1. The molecule has 0 atom stereocenters. The molecule has 0 unspecified atom stereocenters. The van der Waals surface area contributed by atoms with Crippen molar-refractivity contribution in [2.45, 2.75) is 33.6 Å². The van der Waals surface area contributed by atoms with Crippen LogP contribution in [0, 0.1) is 6.92 Å².